The average Bonchev–Trinajstić information content (AvgIpc) is 2.75. The number of hydrogen-bond acceptors (Lipinski definition) is 5. The molecule has 0 aromatic heterocycles. The quantitative estimate of drug-likeness (QED) is 0.235. The van der Waals surface area contributed by atoms with Gasteiger partial charge in [-0.05, 0) is 18.6 Å². The van der Waals surface area contributed by atoms with Crippen LogP contribution in [0.2, 0.25) is 24.2 Å². The van der Waals surface area contributed by atoms with E-state index in [-0.39, 0.29) is 5.97 Å². The van der Waals surface area contributed by atoms with Crippen molar-refractivity contribution < 1.29 is 28.2 Å². The molecular formula is C23H42NO5Si+. The monoisotopic (exact) mass is 440 g/mol. The van der Waals surface area contributed by atoms with E-state index in [1.54, 1.807) is 12.1 Å². The van der Waals surface area contributed by atoms with Gasteiger partial charge in [0.25, 0.3) is 0 Å². The van der Waals surface area contributed by atoms with Gasteiger partial charge in [-0.2, -0.15) is 0 Å². The first-order valence-electron chi connectivity index (χ1n) is 11.0. The minimum absolute atomic E-state index is 0.375. The van der Waals surface area contributed by atoms with Crippen LogP contribution in [0.3, 0.4) is 0 Å². The van der Waals surface area contributed by atoms with Gasteiger partial charge in [-0.15, -0.1) is 0 Å². The summed E-state index contributed by atoms with van der Waals surface area (Å²) in [6.45, 7) is 9.36. The number of carbonyl (C=O) groups is 1. The van der Waals surface area contributed by atoms with Gasteiger partial charge >= 0.3 is 5.97 Å². The van der Waals surface area contributed by atoms with Crippen LogP contribution in [-0.4, -0.2) is 73.6 Å². The summed E-state index contributed by atoms with van der Waals surface area (Å²) in [5, 5.41) is 0. The van der Waals surface area contributed by atoms with Crippen molar-refractivity contribution in [3.8, 4) is 17.2 Å². The molecule has 30 heavy (non-hydrogen) atoms. The fourth-order valence-electron chi connectivity index (χ4n) is 3.94. The van der Waals surface area contributed by atoms with Crippen molar-refractivity contribution in [2.24, 2.45) is 0 Å². The molecule has 0 aliphatic rings. The third-order valence-electron chi connectivity index (χ3n) is 6.55. The Morgan fingerprint density at radius 3 is 1.87 bits per heavy atom. The second kappa shape index (κ2) is 12.2. The number of nitrogens with zero attached hydrogens (tertiary/aromatic N) is 1. The third kappa shape index (κ3) is 7.20. The highest BCUT2D eigenvalue weighted by Crippen LogP contribution is 2.38. The van der Waals surface area contributed by atoms with Crippen molar-refractivity contribution in [3.05, 3.63) is 17.7 Å². The summed E-state index contributed by atoms with van der Waals surface area (Å²) in [6.07, 6.45) is 1.25. The lowest BCUT2D eigenvalue weighted by Gasteiger charge is -2.33. The Bertz CT molecular complexity index is 640. The molecule has 0 N–H and O–H groups in total. The van der Waals surface area contributed by atoms with Gasteiger partial charge in [0.15, 0.2) is 11.5 Å². The zero-order valence-corrected chi connectivity index (χ0v) is 21.3. The Hall–Kier alpha value is -1.73. The average molecular weight is 441 g/mol. The summed E-state index contributed by atoms with van der Waals surface area (Å²) < 4.78 is 22.3. The number of likely N-dealkylation sites (N-methyl/N-ethyl adjacent to an activating group) is 1. The molecule has 0 aliphatic heterocycles. The number of ether oxygens (including phenoxy) is 4. The lowest BCUT2D eigenvalue weighted by molar-refractivity contribution is -0.890. The summed E-state index contributed by atoms with van der Waals surface area (Å²) in [4.78, 5) is 12.6. The molecule has 0 bridgehead atoms. The number of carbonyl (C=O) groups excluding carboxylic acids is 1. The van der Waals surface area contributed by atoms with Gasteiger partial charge in [0.1, 0.15) is 13.2 Å². The van der Waals surface area contributed by atoms with Crippen LogP contribution in [0.25, 0.3) is 0 Å². The van der Waals surface area contributed by atoms with Crippen molar-refractivity contribution >= 4 is 14.0 Å². The molecule has 6 nitrogen and oxygen atoms in total. The molecule has 0 atom stereocenters. The smallest absolute Gasteiger partial charge is 0.338 e. The van der Waals surface area contributed by atoms with Crippen LogP contribution < -0.4 is 14.2 Å². The van der Waals surface area contributed by atoms with Crippen molar-refractivity contribution in [2.45, 2.75) is 51.4 Å². The molecule has 0 saturated heterocycles. The Balaban J connectivity index is 2.63. The van der Waals surface area contributed by atoms with Crippen LogP contribution in [0.5, 0.6) is 17.2 Å². The molecule has 172 valence electrons. The first-order valence-corrected chi connectivity index (χ1v) is 13.8. The van der Waals surface area contributed by atoms with Gasteiger partial charge in [0, 0.05) is 0 Å². The highest BCUT2D eigenvalue weighted by Gasteiger charge is 2.27. The van der Waals surface area contributed by atoms with Gasteiger partial charge in [0.05, 0.1) is 55.6 Å². The highest BCUT2D eigenvalue weighted by atomic mass is 28.3. The zero-order chi connectivity index (χ0) is 22.8. The van der Waals surface area contributed by atoms with E-state index in [0.717, 1.165) is 17.6 Å². The minimum atomic E-state index is -1.07. The van der Waals surface area contributed by atoms with Crippen LogP contribution in [-0.2, 0) is 4.74 Å². The Morgan fingerprint density at radius 1 is 0.900 bits per heavy atom. The van der Waals surface area contributed by atoms with Crippen molar-refractivity contribution in [2.75, 3.05) is 55.1 Å². The topological polar surface area (TPSA) is 54.0 Å². The lowest BCUT2D eigenvalue weighted by atomic mass is 10.2. The highest BCUT2D eigenvalue weighted by molar-refractivity contribution is 6.79. The fraction of sp³-hybridized carbons (Fsp3) is 0.696. The fourth-order valence-corrected chi connectivity index (χ4v) is 7.41. The zero-order valence-electron chi connectivity index (χ0n) is 20.3. The molecule has 0 fully saturated rings. The predicted octanol–water partition coefficient (Wildman–Crippen LogP) is 4.84. The number of hydrogen-bond donors (Lipinski definition) is 0. The second-order valence-electron chi connectivity index (χ2n) is 8.60. The number of methoxy groups -OCH3 is 3. The molecule has 1 rings (SSSR count). The Labute approximate surface area is 184 Å². The first kappa shape index (κ1) is 26.3. The van der Waals surface area contributed by atoms with E-state index >= 15 is 0 Å². The van der Waals surface area contributed by atoms with Crippen molar-refractivity contribution in [1.82, 2.24) is 0 Å². The van der Waals surface area contributed by atoms with Crippen LogP contribution in [0.1, 0.15) is 37.6 Å². The van der Waals surface area contributed by atoms with E-state index in [1.807, 2.05) is 0 Å². The van der Waals surface area contributed by atoms with Crippen molar-refractivity contribution in [1.29, 1.82) is 0 Å². The SMILES string of the molecule is CC[Si](CC)(CC)CCC[N+](C)(C)CCOC(=O)c1cc(OC)c(OC)c(OC)c1. The molecule has 0 amide bonds. The maximum Gasteiger partial charge on any atom is 0.338 e. The van der Waals surface area contributed by atoms with E-state index in [2.05, 4.69) is 34.9 Å². The second-order valence-corrected chi connectivity index (χ2v) is 14.2. The number of esters is 1. The van der Waals surface area contributed by atoms with Crippen molar-refractivity contribution in [3.63, 3.8) is 0 Å². The normalized spacial score (nSPS) is 11.9. The Morgan fingerprint density at radius 2 is 1.43 bits per heavy atom. The lowest BCUT2D eigenvalue weighted by Crippen LogP contribution is -2.44. The van der Waals surface area contributed by atoms with Gasteiger partial charge in [0.2, 0.25) is 5.75 Å². The molecule has 1 aromatic rings. The molecule has 7 heteroatoms. The standard InChI is InChI=1S/C23H42NO5Si/c1-9-30(10-2,11-3)16-12-13-24(4,5)14-15-29-23(25)19-17-20(26-6)22(28-8)21(18-19)27-7/h17-18H,9-16H2,1-8H3/q+1. The van der Waals surface area contributed by atoms with E-state index in [0.29, 0.717) is 29.4 Å². The summed E-state index contributed by atoms with van der Waals surface area (Å²) >= 11 is 0. The summed E-state index contributed by atoms with van der Waals surface area (Å²) in [7, 11) is 7.94. The molecule has 0 heterocycles. The summed E-state index contributed by atoms with van der Waals surface area (Å²) in [5.41, 5.74) is 0.388. The largest absolute Gasteiger partial charge is 0.493 e. The Kier molecular flexibility index (Phi) is 10.7. The van der Waals surface area contributed by atoms with Gasteiger partial charge in [-0.25, -0.2) is 4.79 Å². The van der Waals surface area contributed by atoms with E-state index in [1.165, 1.54) is 51.9 Å². The van der Waals surface area contributed by atoms with Crippen LogP contribution in [0.4, 0.5) is 0 Å². The molecule has 1 aromatic carbocycles. The van der Waals surface area contributed by atoms with Crippen LogP contribution >= 0.6 is 0 Å². The molecule has 0 saturated carbocycles. The van der Waals surface area contributed by atoms with Crippen LogP contribution in [0, 0.1) is 0 Å². The maximum absolute atomic E-state index is 12.6. The number of quaternary nitrogens is 1. The molecule has 0 unspecified atom stereocenters. The molecule has 0 aliphatic carbocycles. The summed E-state index contributed by atoms with van der Waals surface area (Å²) in [6, 6.07) is 8.76. The molecule has 0 radical (unpaired) electrons. The minimum Gasteiger partial charge on any atom is -0.493 e. The third-order valence-corrected chi connectivity index (χ3v) is 12.5. The van der Waals surface area contributed by atoms with E-state index in [4.69, 9.17) is 18.9 Å². The number of benzene rings is 1. The maximum atomic E-state index is 12.6. The van der Waals surface area contributed by atoms with Gasteiger partial charge in [-0.3, -0.25) is 0 Å². The van der Waals surface area contributed by atoms with Crippen LogP contribution in [0.15, 0.2) is 12.1 Å². The molecule has 0 spiro atoms. The summed E-state index contributed by atoms with van der Waals surface area (Å²) in [5.74, 6) is 0.953. The van der Waals surface area contributed by atoms with E-state index in [9.17, 15) is 4.79 Å². The van der Waals surface area contributed by atoms with Gasteiger partial charge in [-0.1, -0.05) is 44.9 Å². The van der Waals surface area contributed by atoms with E-state index < -0.39 is 8.07 Å². The number of rotatable bonds is 14. The van der Waals surface area contributed by atoms with Gasteiger partial charge < -0.3 is 23.4 Å². The predicted molar refractivity (Wildman–Crippen MR) is 125 cm³/mol. The molecular weight excluding hydrogens is 398 g/mol. The first-order chi connectivity index (χ1) is 14.2.